The zero-order valence-electron chi connectivity index (χ0n) is 13.7. The average Bonchev–Trinajstić information content (AvgIpc) is 3.20. The summed E-state index contributed by atoms with van der Waals surface area (Å²) in [7, 11) is 0. The van der Waals surface area contributed by atoms with Crippen LogP contribution in [0.5, 0.6) is 0 Å². The number of rotatable bonds is 5. The number of halogens is 1. The fraction of sp³-hybridized carbons (Fsp3) is 0.167. The standard InChI is InChI=1S/C18H15FN2O4S/c1-2-12-7-8-13(25-12)9-14-16(22)21-18(26-14)20-15(17(23)24)10-3-5-11(19)6-4-10/h3-9,15H,2H2,1H3,(H,23,24)(H,20,21,22)/b14-9+. The molecule has 1 aromatic heterocycles. The third-order valence-corrected chi connectivity index (χ3v) is 4.55. The van der Waals surface area contributed by atoms with E-state index in [1.807, 2.05) is 13.0 Å². The minimum Gasteiger partial charge on any atom is -0.479 e. The van der Waals surface area contributed by atoms with E-state index in [9.17, 15) is 19.1 Å². The molecule has 1 saturated heterocycles. The lowest BCUT2D eigenvalue weighted by Gasteiger charge is -2.08. The van der Waals surface area contributed by atoms with Crippen molar-refractivity contribution in [2.24, 2.45) is 4.99 Å². The first-order valence-corrected chi connectivity index (χ1v) is 8.63. The van der Waals surface area contributed by atoms with Gasteiger partial charge in [0.15, 0.2) is 11.2 Å². The molecule has 2 heterocycles. The number of aryl methyl sites for hydroxylation is 1. The second-order valence-electron chi connectivity index (χ2n) is 5.45. The molecule has 8 heteroatoms. The molecule has 1 amide bonds. The van der Waals surface area contributed by atoms with E-state index >= 15 is 0 Å². The molecule has 26 heavy (non-hydrogen) atoms. The van der Waals surface area contributed by atoms with Gasteiger partial charge in [-0.15, -0.1) is 0 Å². The van der Waals surface area contributed by atoms with Gasteiger partial charge in [-0.1, -0.05) is 19.1 Å². The van der Waals surface area contributed by atoms with Crippen molar-refractivity contribution in [3.05, 3.63) is 64.2 Å². The van der Waals surface area contributed by atoms with Gasteiger partial charge in [-0.3, -0.25) is 4.79 Å². The molecule has 2 aromatic rings. The largest absolute Gasteiger partial charge is 0.479 e. The first kappa shape index (κ1) is 17.9. The van der Waals surface area contributed by atoms with E-state index in [1.165, 1.54) is 24.3 Å². The van der Waals surface area contributed by atoms with Crippen molar-refractivity contribution in [2.45, 2.75) is 19.4 Å². The van der Waals surface area contributed by atoms with Gasteiger partial charge in [0, 0.05) is 12.5 Å². The van der Waals surface area contributed by atoms with E-state index in [4.69, 9.17) is 4.42 Å². The molecular weight excluding hydrogens is 359 g/mol. The monoisotopic (exact) mass is 374 g/mol. The van der Waals surface area contributed by atoms with Crippen LogP contribution < -0.4 is 5.32 Å². The van der Waals surface area contributed by atoms with Crippen molar-refractivity contribution in [3.63, 3.8) is 0 Å². The molecule has 1 unspecified atom stereocenters. The maximum atomic E-state index is 13.0. The van der Waals surface area contributed by atoms with Gasteiger partial charge in [0.1, 0.15) is 17.3 Å². The third-order valence-electron chi connectivity index (χ3n) is 3.62. The lowest BCUT2D eigenvalue weighted by atomic mass is 10.1. The van der Waals surface area contributed by atoms with Crippen LogP contribution in [0.3, 0.4) is 0 Å². The number of aliphatic imine (C=N–C) groups is 1. The van der Waals surface area contributed by atoms with Gasteiger partial charge in [0.2, 0.25) is 0 Å². The molecule has 2 N–H and O–H groups in total. The second kappa shape index (κ2) is 7.57. The molecule has 0 saturated carbocycles. The highest BCUT2D eigenvalue weighted by Crippen LogP contribution is 2.29. The Morgan fingerprint density at radius 2 is 2.08 bits per heavy atom. The summed E-state index contributed by atoms with van der Waals surface area (Å²) in [6.07, 6.45) is 2.32. The molecule has 0 spiro atoms. The van der Waals surface area contributed by atoms with Crippen LogP contribution in [0.4, 0.5) is 4.39 Å². The van der Waals surface area contributed by atoms with Crippen LogP contribution in [0.25, 0.3) is 6.08 Å². The van der Waals surface area contributed by atoms with Gasteiger partial charge in [-0.2, -0.15) is 0 Å². The fourth-order valence-electron chi connectivity index (χ4n) is 2.31. The summed E-state index contributed by atoms with van der Waals surface area (Å²) in [6.45, 7) is 1.96. The quantitative estimate of drug-likeness (QED) is 0.783. The Morgan fingerprint density at radius 1 is 1.35 bits per heavy atom. The minimum absolute atomic E-state index is 0.167. The van der Waals surface area contributed by atoms with E-state index in [0.29, 0.717) is 16.2 Å². The molecule has 1 aromatic carbocycles. The molecule has 134 valence electrons. The van der Waals surface area contributed by atoms with Crippen molar-refractivity contribution in [2.75, 3.05) is 0 Å². The van der Waals surface area contributed by atoms with Crippen LogP contribution in [-0.4, -0.2) is 22.2 Å². The molecule has 3 rings (SSSR count). The maximum absolute atomic E-state index is 13.0. The topological polar surface area (TPSA) is 91.9 Å². The number of hydrogen-bond donors (Lipinski definition) is 2. The summed E-state index contributed by atoms with van der Waals surface area (Å²) < 4.78 is 18.6. The second-order valence-corrected chi connectivity index (χ2v) is 6.48. The number of carboxylic acid groups (broad SMARTS) is 1. The molecule has 0 aliphatic carbocycles. The van der Waals surface area contributed by atoms with Crippen molar-refractivity contribution >= 4 is 34.9 Å². The molecule has 1 atom stereocenters. The number of carbonyl (C=O) groups is 2. The van der Waals surface area contributed by atoms with Crippen LogP contribution in [0.1, 0.15) is 30.0 Å². The predicted molar refractivity (Wildman–Crippen MR) is 96.0 cm³/mol. The highest BCUT2D eigenvalue weighted by Gasteiger charge is 2.27. The first-order chi connectivity index (χ1) is 12.5. The first-order valence-electron chi connectivity index (χ1n) is 7.82. The van der Waals surface area contributed by atoms with E-state index in [0.717, 1.165) is 23.9 Å². The zero-order chi connectivity index (χ0) is 18.7. The average molecular weight is 374 g/mol. The number of amides is 1. The molecule has 6 nitrogen and oxygen atoms in total. The van der Waals surface area contributed by atoms with E-state index in [2.05, 4.69) is 10.3 Å². The van der Waals surface area contributed by atoms with Gasteiger partial charge in [-0.25, -0.2) is 14.2 Å². The van der Waals surface area contributed by atoms with Crippen LogP contribution in [-0.2, 0) is 16.0 Å². The molecule has 1 fully saturated rings. The summed E-state index contributed by atoms with van der Waals surface area (Å²) in [5.74, 6) is -0.712. The number of nitrogens with one attached hydrogen (secondary N) is 1. The van der Waals surface area contributed by atoms with Gasteiger partial charge in [0.05, 0.1) is 4.91 Å². The number of amidine groups is 1. The zero-order valence-corrected chi connectivity index (χ0v) is 14.5. The molecule has 1 aliphatic heterocycles. The summed E-state index contributed by atoms with van der Waals surface area (Å²) in [4.78, 5) is 28.0. The Morgan fingerprint density at radius 3 is 2.69 bits per heavy atom. The maximum Gasteiger partial charge on any atom is 0.333 e. The molecule has 0 radical (unpaired) electrons. The van der Waals surface area contributed by atoms with Crippen LogP contribution in [0, 0.1) is 5.82 Å². The number of carboxylic acids is 1. The molecule has 1 aliphatic rings. The van der Waals surface area contributed by atoms with Gasteiger partial charge >= 0.3 is 5.97 Å². The van der Waals surface area contributed by atoms with Crippen LogP contribution in [0.15, 0.2) is 50.7 Å². The summed E-state index contributed by atoms with van der Waals surface area (Å²) in [6, 6.07) is 7.38. The summed E-state index contributed by atoms with van der Waals surface area (Å²) in [5.41, 5.74) is 0.317. The Balaban J connectivity index is 1.83. The number of carbonyl (C=O) groups excluding carboxylic acids is 1. The fourth-order valence-corrected chi connectivity index (χ4v) is 3.14. The van der Waals surface area contributed by atoms with Crippen molar-refractivity contribution in [1.82, 2.24) is 5.32 Å². The van der Waals surface area contributed by atoms with E-state index < -0.39 is 17.8 Å². The lowest BCUT2D eigenvalue weighted by molar-refractivity contribution is -0.138. The summed E-state index contributed by atoms with van der Waals surface area (Å²) >= 11 is 1.03. The van der Waals surface area contributed by atoms with Gasteiger partial charge in [-0.05, 0) is 41.6 Å². The Kier molecular flexibility index (Phi) is 5.22. The number of hydrogen-bond acceptors (Lipinski definition) is 5. The van der Waals surface area contributed by atoms with Crippen molar-refractivity contribution in [1.29, 1.82) is 0 Å². The normalized spacial score (nSPS) is 18.3. The predicted octanol–water partition coefficient (Wildman–Crippen LogP) is 3.37. The van der Waals surface area contributed by atoms with Crippen LogP contribution >= 0.6 is 11.8 Å². The van der Waals surface area contributed by atoms with E-state index in [1.54, 1.807) is 12.1 Å². The lowest BCUT2D eigenvalue weighted by Crippen LogP contribution is -2.22. The molecular formula is C18H15FN2O4S. The number of aliphatic carboxylic acids is 1. The Hall–Kier alpha value is -2.87. The smallest absolute Gasteiger partial charge is 0.333 e. The Bertz CT molecular complexity index is 902. The number of nitrogens with zero attached hydrogens (tertiary/aromatic N) is 1. The van der Waals surface area contributed by atoms with Crippen molar-refractivity contribution < 1.29 is 23.5 Å². The highest BCUT2D eigenvalue weighted by molar-refractivity contribution is 8.18. The third kappa shape index (κ3) is 4.02. The van der Waals surface area contributed by atoms with Gasteiger partial charge < -0.3 is 14.8 Å². The summed E-state index contributed by atoms with van der Waals surface area (Å²) in [5, 5.41) is 12.1. The molecule has 0 bridgehead atoms. The highest BCUT2D eigenvalue weighted by atomic mass is 32.2. The van der Waals surface area contributed by atoms with Gasteiger partial charge in [0.25, 0.3) is 5.91 Å². The number of thioether (sulfide) groups is 1. The number of furan rings is 1. The SMILES string of the molecule is CCc1ccc(/C=C2/SC(=NC(C(=O)O)c3ccc(F)cc3)NC2=O)o1. The van der Waals surface area contributed by atoms with Crippen LogP contribution in [0.2, 0.25) is 0 Å². The van der Waals surface area contributed by atoms with Crippen molar-refractivity contribution in [3.8, 4) is 0 Å². The number of benzene rings is 1. The minimum atomic E-state index is -1.24. The Labute approximate surface area is 152 Å². The van der Waals surface area contributed by atoms with E-state index in [-0.39, 0.29) is 11.1 Å².